The first-order valence-electron chi connectivity index (χ1n) is 10.7. The zero-order chi connectivity index (χ0) is 23.9. The molecule has 0 bridgehead atoms. The summed E-state index contributed by atoms with van der Waals surface area (Å²) in [4.78, 5) is 29.7. The third-order valence-electron chi connectivity index (χ3n) is 5.92. The second kappa shape index (κ2) is 8.90. The minimum absolute atomic E-state index is 0.0901. The topological polar surface area (TPSA) is 84.0 Å². The Morgan fingerprint density at radius 1 is 0.912 bits per heavy atom. The van der Waals surface area contributed by atoms with Crippen molar-refractivity contribution in [1.29, 1.82) is 0 Å². The summed E-state index contributed by atoms with van der Waals surface area (Å²) in [5, 5.41) is 0. The van der Waals surface area contributed by atoms with E-state index in [0.717, 1.165) is 42.9 Å². The highest BCUT2D eigenvalue weighted by Crippen LogP contribution is 2.47. The van der Waals surface area contributed by atoms with Crippen molar-refractivity contribution in [2.75, 3.05) is 17.8 Å². The van der Waals surface area contributed by atoms with Crippen LogP contribution in [0.25, 0.3) is 0 Å². The molecule has 0 saturated heterocycles. The number of ether oxygens (including phenoxy) is 1. The van der Waals surface area contributed by atoms with Crippen molar-refractivity contribution in [2.24, 2.45) is 0 Å². The number of anilines is 2. The van der Waals surface area contributed by atoms with Crippen LogP contribution >= 0.6 is 11.8 Å². The number of nitrogens with zero attached hydrogens (tertiary/aromatic N) is 2. The van der Waals surface area contributed by atoms with Crippen molar-refractivity contribution in [2.45, 2.75) is 28.8 Å². The van der Waals surface area contributed by atoms with Crippen molar-refractivity contribution in [3.63, 3.8) is 0 Å². The number of hydrogen-bond acceptors (Lipinski definition) is 6. The zero-order valence-electron chi connectivity index (χ0n) is 18.4. The Morgan fingerprint density at radius 2 is 1.47 bits per heavy atom. The molecule has 0 saturated carbocycles. The van der Waals surface area contributed by atoms with Gasteiger partial charge in [0.25, 0.3) is 5.91 Å². The number of fused-ring (bicyclic) bond motifs is 3. The largest absolute Gasteiger partial charge is 0.454 e. The smallest absolute Gasteiger partial charge is 0.325 e. The second-order valence-electron chi connectivity index (χ2n) is 8.17. The highest BCUT2D eigenvalue weighted by atomic mass is 32.2. The molecule has 0 aromatic heterocycles. The summed E-state index contributed by atoms with van der Waals surface area (Å²) in [7, 11) is -3.67. The minimum atomic E-state index is -3.67. The number of rotatable bonds is 4. The maximum Gasteiger partial charge on any atom is 0.325 e. The fourth-order valence-corrected chi connectivity index (χ4v) is 6.37. The second-order valence-corrected chi connectivity index (χ2v) is 11.2. The van der Waals surface area contributed by atoms with Crippen molar-refractivity contribution in [3.05, 3.63) is 83.9 Å². The van der Waals surface area contributed by atoms with Gasteiger partial charge in [-0.3, -0.25) is 14.5 Å². The van der Waals surface area contributed by atoms with E-state index in [4.69, 9.17) is 4.74 Å². The van der Waals surface area contributed by atoms with Gasteiger partial charge in [-0.15, -0.1) is 0 Å². The van der Waals surface area contributed by atoms with Gasteiger partial charge in [0.15, 0.2) is 6.61 Å². The first-order chi connectivity index (χ1) is 16.3. The quantitative estimate of drug-likeness (QED) is 0.514. The average Bonchev–Trinajstić information content (AvgIpc) is 2.84. The monoisotopic (exact) mass is 494 g/mol. The predicted molar refractivity (Wildman–Crippen MR) is 129 cm³/mol. The van der Waals surface area contributed by atoms with Crippen LogP contribution in [0.4, 0.5) is 11.4 Å². The van der Waals surface area contributed by atoms with Gasteiger partial charge in [0, 0.05) is 22.8 Å². The molecule has 0 spiro atoms. The molecule has 0 N–H and O–H groups in total. The molecule has 0 radical (unpaired) electrons. The van der Waals surface area contributed by atoms with E-state index in [1.807, 2.05) is 72.8 Å². The molecule has 0 unspecified atom stereocenters. The van der Waals surface area contributed by atoms with E-state index in [-0.39, 0.29) is 13.0 Å². The van der Waals surface area contributed by atoms with Crippen LogP contribution in [0.5, 0.6) is 0 Å². The highest BCUT2D eigenvalue weighted by molar-refractivity contribution is 7.99. The van der Waals surface area contributed by atoms with Gasteiger partial charge in [0.1, 0.15) is 6.04 Å². The molecule has 1 atom stereocenters. The number of sulfonamides is 1. The summed E-state index contributed by atoms with van der Waals surface area (Å²) < 4.78 is 31.4. The Hall–Kier alpha value is -3.14. The molecule has 3 aromatic carbocycles. The van der Waals surface area contributed by atoms with Crippen LogP contribution in [0, 0.1) is 0 Å². The first kappa shape index (κ1) is 22.6. The summed E-state index contributed by atoms with van der Waals surface area (Å²) in [6.07, 6.45) is 1.27. The number of hydrogen-bond donors (Lipinski definition) is 0. The molecule has 2 heterocycles. The Kier molecular flexibility index (Phi) is 5.93. The molecule has 2 aliphatic rings. The lowest BCUT2D eigenvalue weighted by Gasteiger charge is -2.34. The maximum atomic E-state index is 13.3. The van der Waals surface area contributed by atoms with Crippen LogP contribution in [-0.4, -0.2) is 43.5 Å². The molecule has 5 rings (SSSR count). The highest BCUT2D eigenvalue weighted by Gasteiger charge is 2.38. The minimum Gasteiger partial charge on any atom is -0.454 e. The van der Waals surface area contributed by atoms with Crippen LogP contribution in [-0.2, 0) is 37.3 Å². The lowest BCUT2D eigenvalue weighted by Crippen LogP contribution is -2.49. The van der Waals surface area contributed by atoms with E-state index in [1.165, 1.54) is 0 Å². The summed E-state index contributed by atoms with van der Waals surface area (Å²) in [6, 6.07) is 21.5. The number of amides is 1. The third-order valence-corrected chi connectivity index (χ3v) is 8.29. The Bertz CT molecular complexity index is 1340. The number of carbonyl (C=O) groups excluding carboxylic acids is 2. The molecule has 7 nitrogen and oxygen atoms in total. The third kappa shape index (κ3) is 4.22. The van der Waals surface area contributed by atoms with Crippen LogP contribution in [0.3, 0.4) is 0 Å². The predicted octanol–water partition coefficient (Wildman–Crippen LogP) is 3.75. The Balaban J connectivity index is 1.37. The molecule has 9 heteroatoms. The summed E-state index contributed by atoms with van der Waals surface area (Å²) in [6.45, 7) is -0.408. The molecule has 174 valence electrons. The van der Waals surface area contributed by atoms with Gasteiger partial charge < -0.3 is 4.74 Å². The zero-order valence-corrected chi connectivity index (χ0v) is 20.0. The van der Waals surface area contributed by atoms with Crippen LogP contribution in [0.1, 0.15) is 11.1 Å². The molecular weight excluding hydrogens is 472 g/mol. The lowest BCUT2D eigenvalue weighted by atomic mass is 9.96. The molecule has 3 aromatic rings. The number of para-hydroxylation sites is 2. The van der Waals surface area contributed by atoms with E-state index < -0.39 is 34.5 Å². The summed E-state index contributed by atoms with van der Waals surface area (Å²) in [5.74, 6) is -1.14. The Morgan fingerprint density at radius 3 is 2.09 bits per heavy atom. The molecule has 34 heavy (non-hydrogen) atoms. The fraction of sp³-hybridized carbons (Fsp3) is 0.200. The fourth-order valence-electron chi connectivity index (χ4n) is 4.32. The number of carbonyl (C=O) groups is 2. The van der Waals surface area contributed by atoms with Crippen LogP contribution in [0.15, 0.2) is 82.6 Å². The first-order valence-corrected chi connectivity index (χ1v) is 13.4. The van der Waals surface area contributed by atoms with Gasteiger partial charge in [0.05, 0.1) is 17.6 Å². The van der Waals surface area contributed by atoms with Gasteiger partial charge in [-0.2, -0.15) is 4.31 Å². The van der Waals surface area contributed by atoms with Gasteiger partial charge in [-0.25, -0.2) is 8.42 Å². The lowest BCUT2D eigenvalue weighted by molar-refractivity contribution is -0.152. The summed E-state index contributed by atoms with van der Waals surface area (Å²) >= 11 is 1.57. The molecule has 2 aliphatic heterocycles. The Labute approximate surface area is 202 Å². The van der Waals surface area contributed by atoms with Crippen LogP contribution < -0.4 is 4.90 Å². The van der Waals surface area contributed by atoms with Crippen molar-refractivity contribution in [1.82, 2.24) is 4.31 Å². The summed E-state index contributed by atoms with van der Waals surface area (Å²) in [5.41, 5.74) is 3.19. The molecule has 0 fully saturated rings. The van der Waals surface area contributed by atoms with Crippen molar-refractivity contribution >= 4 is 45.0 Å². The van der Waals surface area contributed by atoms with E-state index in [1.54, 1.807) is 16.7 Å². The van der Waals surface area contributed by atoms with Gasteiger partial charge in [-0.05, 0) is 35.4 Å². The average molecular weight is 495 g/mol. The van der Waals surface area contributed by atoms with E-state index >= 15 is 0 Å². The van der Waals surface area contributed by atoms with Crippen molar-refractivity contribution in [3.8, 4) is 0 Å². The van der Waals surface area contributed by atoms with E-state index in [2.05, 4.69) is 0 Å². The van der Waals surface area contributed by atoms with E-state index in [0.29, 0.717) is 0 Å². The maximum absolute atomic E-state index is 13.3. The van der Waals surface area contributed by atoms with Gasteiger partial charge in [0.2, 0.25) is 10.0 Å². The molecule has 0 aliphatic carbocycles. The van der Waals surface area contributed by atoms with Gasteiger partial charge in [-0.1, -0.05) is 60.3 Å². The molecule has 1 amide bonds. The van der Waals surface area contributed by atoms with Gasteiger partial charge >= 0.3 is 5.97 Å². The van der Waals surface area contributed by atoms with Crippen LogP contribution in [0.2, 0.25) is 0 Å². The van der Waals surface area contributed by atoms with E-state index in [9.17, 15) is 18.0 Å². The SMILES string of the molecule is CS(=O)(=O)N1Cc2ccccc2C[C@@H]1C(=O)OCC(=O)N1c2ccccc2Sc2ccccc21. The number of benzene rings is 3. The normalized spacial score (nSPS) is 17.3. The van der Waals surface area contributed by atoms with Crippen molar-refractivity contribution < 1.29 is 22.7 Å². The number of esters is 1. The standard InChI is InChI=1S/C25H22N2O5S2/c1-34(30,31)26-15-18-9-3-2-8-17(18)14-21(26)25(29)32-16-24(28)27-19-10-4-6-12-22(19)33-23-13-7-5-11-20(23)27/h2-13,21H,14-16H2,1H3/t21-/m1/s1. The molecular formula is C25H22N2O5S2.